The van der Waals surface area contributed by atoms with Crippen molar-refractivity contribution in [3.8, 4) is 5.75 Å². The van der Waals surface area contributed by atoms with Gasteiger partial charge < -0.3 is 9.52 Å². The zero-order valence-electron chi connectivity index (χ0n) is 14.1. The van der Waals surface area contributed by atoms with E-state index in [-0.39, 0.29) is 0 Å². The van der Waals surface area contributed by atoms with Crippen molar-refractivity contribution in [1.29, 1.82) is 0 Å². The average molecular weight is 323 g/mol. The quantitative estimate of drug-likeness (QED) is 0.898. The summed E-state index contributed by atoms with van der Waals surface area (Å²) in [6.07, 6.45) is 11.3. The molecule has 1 aromatic carbocycles. The summed E-state index contributed by atoms with van der Waals surface area (Å²) in [4.78, 5) is 2.69. The fourth-order valence-corrected chi connectivity index (χ4v) is 5.89. The third-order valence-electron chi connectivity index (χ3n) is 6.90. The summed E-state index contributed by atoms with van der Waals surface area (Å²) in [5, 5.41) is 10.1. The van der Waals surface area contributed by atoms with Gasteiger partial charge in [0.1, 0.15) is 5.75 Å². The molecule has 1 aliphatic heterocycles. The lowest BCUT2D eigenvalue weighted by Crippen LogP contribution is -2.60. The van der Waals surface area contributed by atoms with Crippen LogP contribution < -0.4 is 0 Å². The first-order valence-electron chi connectivity index (χ1n) is 9.34. The van der Waals surface area contributed by atoms with E-state index in [1.807, 2.05) is 12.3 Å². The highest BCUT2D eigenvalue weighted by Crippen LogP contribution is 2.56. The maximum atomic E-state index is 10.1. The molecule has 2 fully saturated rings. The maximum Gasteiger partial charge on any atom is 0.115 e. The molecule has 2 aromatic rings. The summed E-state index contributed by atoms with van der Waals surface area (Å²) in [5.41, 5.74) is 4.52. The first kappa shape index (κ1) is 14.6. The second-order valence-corrected chi connectivity index (χ2v) is 7.97. The molecule has 3 heteroatoms. The number of hydrogen-bond donors (Lipinski definition) is 1. The normalized spacial score (nSPS) is 32.2. The van der Waals surface area contributed by atoms with E-state index in [1.54, 1.807) is 6.26 Å². The van der Waals surface area contributed by atoms with Gasteiger partial charge in [-0.05, 0) is 67.5 Å². The van der Waals surface area contributed by atoms with E-state index in [1.165, 1.54) is 48.8 Å². The standard InChI is InChI=1S/C21H25NO2/c23-17-5-4-16-11-20-18-3-1-2-7-21(18,19(16)12-17)8-9-22(20)13-15-6-10-24-14-15/h4-6,10,12,14,18,20,23H,1-3,7-9,11,13H2/t18?,20-,21+/m0/s1. The minimum atomic E-state index is 0.308. The number of benzene rings is 1. The molecule has 1 N–H and O–H groups in total. The van der Waals surface area contributed by atoms with Crippen molar-refractivity contribution in [3.05, 3.63) is 53.5 Å². The highest BCUT2D eigenvalue weighted by molar-refractivity contribution is 5.45. The van der Waals surface area contributed by atoms with Gasteiger partial charge in [-0.2, -0.15) is 0 Å². The largest absolute Gasteiger partial charge is 0.508 e. The Morgan fingerprint density at radius 1 is 1.21 bits per heavy atom. The van der Waals surface area contributed by atoms with Crippen LogP contribution in [0.3, 0.4) is 0 Å². The third kappa shape index (κ3) is 2.07. The first-order chi connectivity index (χ1) is 11.8. The van der Waals surface area contributed by atoms with Gasteiger partial charge in [-0.15, -0.1) is 0 Å². The van der Waals surface area contributed by atoms with Crippen molar-refractivity contribution < 1.29 is 9.52 Å². The Hall–Kier alpha value is -1.74. The molecule has 2 bridgehead atoms. The summed E-state index contributed by atoms with van der Waals surface area (Å²) >= 11 is 0. The van der Waals surface area contributed by atoms with Crippen LogP contribution in [0.5, 0.6) is 5.75 Å². The number of aromatic hydroxyl groups is 1. The molecular formula is C21H25NO2. The molecule has 3 aliphatic rings. The summed E-state index contributed by atoms with van der Waals surface area (Å²) < 4.78 is 5.28. The second kappa shape index (κ2) is 5.38. The van der Waals surface area contributed by atoms with Gasteiger partial charge in [0, 0.05) is 23.6 Å². The fraction of sp³-hybridized carbons (Fsp3) is 0.524. The lowest BCUT2D eigenvalue weighted by Gasteiger charge is -2.59. The summed E-state index contributed by atoms with van der Waals surface area (Å²) in [6, 6.07) is 8.85. The monoisotopic (exact) mass is 323 g/mol. The average Bonchev–Trinajstić information content (AvgIpc) is 3.11. The second-order valence-electron chi connectivity index (χ2n) is 7.97. The highest BCUT2D eigenvalue weighted by Gasteiger charge is 2.53. The number of likely N-dealkylation sites (tertiary alicyclic amines) is 1. The van der Waals surface area contributed by atoms with Gasteiger partial charge in [0.15, 0.2) is 0 Å². The Morgan fingerprint density at radius 3 is 3.04 bits per heavy atom. The molecule has 0 amide bonds. The maximum absolute atomic E-state index is 10.1. The highest BCUT2D eigenvalue weighted by atomic mass is 16.3. The van der Waals surface area contributed by atoms with Gasteiger partial charge in [-0.25, -0.2) is 0 Å². The van der Waals surface area contributed by atoms with Gasteiger partial charge in [0.25, 0.3) is 0 Å². The predicted octanol–water partition coefficient (Wildman–Crippen LogP) is 4.24. The molecule has 3 nitrogen and oxygen atoms in total. The first-order valence-corrected chi connectivity index (χ1v) is 9.34. The number of phenolic OH excluding ortho intramolecular Hbond substituents is 1. The zero-order valence-corrected chi connectivity index (χ0v) is 14.1. The number of piperidine rings is 1. The van der Waals surface area contributed by atoms with Crippen LogP contribution in [-0.2, 0) is 18.4 Å². The minimum Gasteiger partial charge on any atom is -0.508 e. The van der Waals surface area contributed by atoms with Crippen LogP contribution in [0.15, 0.2) is 41.2 Å². The van der Waals surface area contributed by atoms with Crippen molar-refractivity contribution in [2.24, 2.45) is 5.92 Å². The molecule has 2 heterocycles. The van der Waals surface area contributed by atoms with Crippen LogP contribution in [0.4, 0.5) is 0 Å². The predicted molar refractivity (Wildman–Crippen MR) is 93.0 cm³/mol. The molecule has 24 heavy (non-hydrogen) atoms. The lowest BCUT2D eigenvalue weighted by atomic mass is 9.52. The van der Waals surface area contributed by atoms with E-state index >= 15 is 0 Å². The molecular weight excluding hydrogens is 298 g/mol. The third-order valence-corrected chi connectivity index (χ3v) is 6.90. The van der Waals surface area contributed by atoms with Crippen LogP contribution in [0.1, 0.15) is 48.8 Å². The van der Waals surface area contributed by atoms with Crippen LogP contribution >= 0.6 is 0 Å². The number of rotatable bonds is 2. The molecule has 5 rings (SSSR count). The SMILES string of the molecule is Oc1ccc2c(c1)[C@@]13CCCCC1[C@H](C2)N(Cc1ccoc1)CC3. The van der Waals surface area contributed by atoms with E-state index in [2.05, 4.69) is 23.1 Å². The molecule has 0 radical (unpaired) electrons. The Bertz CT molecular complexity index is 738. The van der Waals surface area contributed by atoms with E-state index in [9.17, 15) is 5.11 Å². The topological polar surface area (TPSA) is 36.6 Å². The van der Waals surface area contributed by atoms with E-state index in [0.29, 0.717) is 17.2 Å². The molecule has 1 saturated heterocycles. The Kier molecular flexibility index (Phi) is 3.27. The van der Waals surface area contributed by atoms with Crippen LogP contribution in [0, 0.1) is 5.92 Å². The Balaban J connectivity index is 1.56. The summed E-state index contributed by atoms with van der Waals surface area (Å²) in [5.74, 6) is 1.17. The number of furan rings is 1. The lowest BCUT2D eigenvalue weighted by molar-refractivity contribution is -0.0158. The smallest absolute Gasteiger partial charge is 0.115 e. The summed E-state index contributed by atoms with van der Waals surface area (Å²) in [7, 11) is 0. The molecule has 3 atom stereocenters. The van der Waals surface area contributed by atoms with E-state index in [0.717, 1.165) is 25.4 Å². The van der Waals surface area contributed by atoms with E-state index < -0.39 is 0 Å². The van der Waals surface area contributed by atoms with Gasteiger partial charge in [0.2, 0.25) is 0 Å². The van der Waals surface area contributed by atoms with Crippen molar-refractivity contribution in [3.63, 3.8) is 0 Å². The van der Waals surface area contributed by atoms with Crippen molar-refractivity contribution in [2.45, 2.75) is 56.5 Å². The molecule has 2 aliphatic carbocycles. The van der Waals surface area contributed by atoms with Crippen molar-refractivity contribution in [2.75, 3.05) is 6.54 Å². The van der Waals surface area contributed by atoms with Gasteiger partial charge in [0.05, 0.1) is 12.5 Å². The van der Waals surface area contributed by atoms with Crippen LogP contribution in [0.2, 0.25) is 0 Å². The van der Waals surface area contributed by atoms with E-state index in [4.69, 9.17) is 4.42 Å². The number of nitrogens with zero attached hydrogens (tertiary/aromatic N) is 1. The Morgan fingerprint density at radius 2 is 2.17 bits per heavy atom. The van der Waals surface area contributed by atoms with Crippen molar-refractivity contribution >= 4 is 0 Å². The number of phenols is 1. The minimum absolute atomic E-state index is 0.308. The van der Waals surface area contributed by atoms with Gasteiger partial charge in [-0.1, -0.05) is 18.9 Å². The fourth-order valence-electron chi connectivity index (χ4n) is 5.89. The van der Waals surface area contributed by atoms with Crippen LogP contribution in [-0.4, -0.2) is 22.6 Å². The zero-order chi connectivity index (χ0) is 16.1. The number of fused-ring (bicyclic) bond motifs is 1. The molecule has 1 unspecified atom stereocenters. The molecule has 1 aromatic heterocycles. The summed E-state index contributed by atoms with van der Waals surface area (Å²) in [6.45, 7) is 2.16. The van der Waals surface area contributed by atoms with Crippen molar-refractivity contribution in [1.82, 2.24) is 4.90 Å². The van der Waals surface area contributed by atoms with Gasteiger partial charge >= 0.3 is 0 Å². The number of hydrogen-bond acceptors (Lipinski definition) is 3. The Labute approximate surface area is 143 Å². The molecule has 126 valence electrons. The molecule has 1 saturated carbocycles. The van der Waals surface area contributed by atoms with Gasteiger partial charge in [-0.3, -0.25) is 4.90 Å². The van der Waals surface area contributed by atoms with Crippen LogP contribution in [0.25, 0.3) is 0 Å². The molecule has 0 spiro atoms.